The van der Waals surface area contributed by atoms with E-state index in [0.717, 1.165) is 6.42 Å². The molecule has 7 nitrogen and oxygen atoms in total. The molecule has 2 aromatic rings. The van der Waals surface area contributed by atoms with E-state index < -0.39 is 0 Å². The van der Waals surface area contributed by atoms with E-state index in [4.69, 9.17) is 9.47 Å². The maximum atomic E-state index is 12.5. The molecule has 2 atom stereocenters. The molecule has 3 rings (SSSR count). The Labute approximate surface area is 140 Å². The van der Waals surface area contributed by atoms with Crippen LogP contribution in [0.1, 0.15) is 30.8 Å². The average molecular weight is 330 g/mol. The number of nitrogens with one attached hydrogen (secondary N) is 1. The first-order chi connectivity index (χ1) is 11.6. The highest BCUT2D eigenvalue weighted by Gasteiger charge is 2.28. The fraction of sp³-hybridized carbons (Fsp3) is 0.471. The summed E-state index contributed by atoms with van der Waals surface area (Å²) >= 11 is 0. The Morgan fingerprint density at radius 1 is 1.54 bits per heavy atom. The lowest BCUT2D eigenvalue weighted by Gasteiger charge is -2.31. The molecule has 1 aliphatic heterocycles. The van der Waals surface area contributed by atoms with Crippen LogP contribution in [-0.4, -0.2) is 52.2 Å². The van der Waals surface area contributed by atoms with Gasteiger partial charge in [0, 0.05) is 25.2 Å². The molecular formula is C17H22N4O3. The van der Waals surface area contributed by atoms with Gasteiger partial charge in [0.15, 0.2) is 0 Å². The highest BCUT2D eigenvalue weighted by Crippen LogP contribution is 2.13. The summed E-state index contributed by atoms with van der Waals surface area (Å²) in [5.74, 6) is 0.255. The second kappa shape index (κ2) is 7.55. The van der Waals surface area contributed by atoms with Gasteiger partial charge >= 0.3 is 0 Å². The summed E-state index contributed by atoms with van der Waals surface area (Å²) in [6.45, 7) is 5.69. The van der Waals surface area contributed by atoms with Crippen LogP contribution in [0.25, 0.3) is 5.78 Å². The van der Waals surface area contributed by atoms with E-state index in [1.807, 2.05) is 19.9 Å². The summed E-state index contributed by atoms with van der Waals surface area (Å²) in [6, 6.07) is 1.60. The molecule has 0 unspecified atom stereocenters. The van der Waals surface area contributed by atoms with Crippen LogP contribution in [0.2, 0.25) is 0 Å². The van der Waals surface area contributed by atoms with Crippen molar-refractivity contribution >= 4 is 11.7 Å². The monoisotopic (exact) mass is 330 g/mol. The summed E-state index contributed by atoms with van der Waals surface area (Å²) in [7, 11) is 0. The fourth-order valence-corrected chi connectivity index (χ4v) is 2.57. The minimum absolute atomic E-state index is 0.0616. The molecule has 3 heterocycles. The van der Waals surface area contributed by atoms with Crippen molar-refractivity contribution in [1.82, 2.24) is 19.7 Å². The zero-order chi connectivity index (χ0) is 16.9. The van der Waals surface area contributed by atoms with E-state index in [0.29, 0.717) is 31.3 Å². The number of carbonyl (C=O) groups excluding carboxylic acids is 1. The molecule has 128 valence electrons. The fourth-order valence-electron chi connectivity index (χ4n) is 2.57. The molecule has 0 spiro atoms. The summed E-state index contributed by atoms with van der Waals surface area (Å²) < 4.78 is 13.1. The standard InChI is InChI=1S/C17H22N4O3/c1-12(2)4-9-24-15-5-8-23-11-14(15)19-16(22)13-10-21-7-3-6-18-17(21)20-13/h3-4,6-7,10,14-15H,5,8-9,11H2,1-2H3,(H,19,22)/t14-,15+/m0/s1. The molecule has 2 aromatic heterocycles. The van der Waals surface area contributed by atoms with Crippen molar-refractivity contribution < 1.29 is 14.3 Å². The number of hydrogen-bond donors (Lipinski definition) is 1. The van der Waals surface area contributed by atoms with Crippen LogP contribution in [0.3, 0.4) is 0 Å². The third-order valence-electron chi connectivity index (χ3n) is 3.88. The van der Waals surface area contributed by atoms with Crippen molar-refractivity contribution in [3.63, 3.8) is 0 Å². The number of carbonyl (C=O) groups is 1. The van der Waals surface area contributed by atoms with Gasteiger partial charge < -0.3 is 14.8 Å². The average Bonchev–Trinajstić information content (AvgIpc) is 3.00. The minimum Gasteiger partial charge on any atom is -0.379 e. The molecule has 0 aliphatic carbocycles. The van der Waals surface area contributed by atoms with E-state index in [2.05, 4.69) is 15.3 Å². The van der Waals surface area contributed by atoms with Gasteiger partial charge in [-0.3, -0.25) is 9.20 Å². The molecule has 1 fully saturated rings. The Balaban J connectivity index is 1.65. The Morgan fingerprint density at radius 2 is 2.42 bits per heavy atom. The molecule has 0 aromatic carbocycles. The van der Waals surface area contributed by atoms with Crippen LogP contribution >= 0.6 is 0 Å². The van der Waals surface area contributed by atoms with E-state index >= 15 is 0 Å². The maximum absolute atomic E-state index is 12.5. The lowest BCUT2D eigenvalue weighted by Crippen LogP contribution is -2.50. The van der Waals surface area contributed by atoms with Crippen molar-refractivity contribution in [3.8, 4) is 0 Å². The number of amides is 1. The number of fused-ring (bicyclic) bond motifs is 1. The molecule has 1 saturated heterocycles. The van der Waals surface area contributed by atoms with Gasteiger partial charge in [-0.25, -0.2) is 9.97 Å². The van der Waals surface area contributed by atoms with Crippen molar-refractivity contribution in [2.75, 3.05) is 19.8 Å². The molecule has 0 bridgehead atoms. The third-order valence-corrected chi connectivity index (χ3v) is 3.88. The third kappa shape index (κ3) is 3.98. The minimum atomic E-state index is -0.244. The Morgan fingerprint density at radius 3 is 3.21 bits per heavy atom. The molecule has 1 N–H and O–H groups in total. The van der Waals surface area contributed by atoms with Crippen LogP contribution in [0, 0.1) is 0 Å². The summed E-state index contributed by atoms with van der Waals surface area (Å²) in [6.07, 6.45) is 7.85. The molecule has 1 aliphatic rings. The van der Waals surface area contributed by atoms with E-state index in [1.54, 1.807) is 29.1 Å². The van der Waals surface area contributed by atoms with Crippen molar-refractivity contribution in [2.24, 2.45) is 0 Å². The number of imidazole rings is 1. The van der Waals surface area contributed by atoms with Gasteiger partial charge in [-0.15, -0.1) is 0 Å². The zero-order valence-corrected chi connectivity index (χ0v) is 13.9. The van der Waals surface area contributed by atoms with E-state index in [9.17, 15) is 4.79 Å². The molecule has 0 radical (unpaired) electrons. The van der Waals surface area contributed by atoms with Crippen molar-refractivity contribution in [2.45, 2.75) is 32.4 Å². The Hall–Kier alpha value is -2.25. The van der Waals surface area contributed by atoms with Crippen molar-refractivity contribution in [3.05, 3.63) is 42.0 Å². The van der Waals surface area contributed by atoms with Gasteiger partial charge in [-0.05, 0) is 26.3 Å². The predicted molar refractivity (Wildman–Crippen MR) is 88.8 cm³/mol. The number of hydrogen-bond acceptors (Lipinski definition) is 5. The van der Waals surface area contributed by atoms with Gasteiger partial charge in [-0.2, -0.15) is 0 Å². The number of allylic oxidation sites excluding steroid dienone is 1. The van der Waals surface area contributed by atoms with Gasteiger partial charge in [0.2, 0.25) is 5.78 Å². The van der Waals surface area contributed by atoms with E-state index in [-0.39, 0.29) is 18.1 Å². The topological polar surface area (TPSA) is 77.8 Å². The SMILES string of the molecule is CC(C)=CCO[C@@H]1CCOC[C@@H]1NC(=O)c1cn2cccnc2n1. The second-order valence-electron chi connectivity index (χ2n) is 6.05. The largest absolute Gasteiger partial charge is 0.379 e. The van der Waals surface area contributed by atoms with Crippen LogP contribution in [0.4, 0.5) is 0 Å². The first-order valence-corrected chi connectivity index (χ1v) is 8.07. The van der Waals surface area contributed by atoms with Crippen LogP contribution in [0.15, 0.2) is 36.3 Å². The van der Waals surface area contributed by atoms with Gasteiger partial charge in [0.05, 0.1) is 25.4 Å². The zero-order valence-electron chi connectivity index (χ0n) is 13.9. The number of aromatic nitrogens is 3. The predicted octanol–water partition coefficient (Wildman–Crippen LogP) is 1.60. The smallest absolute Gasteiger partial charge is 0.271 e. The van der Waals surface area contributed by atoms with Gasteiger partial charge in [0.1, 0.15) is 5.69 Å². The highest BCUT2D eigenvalue weighted by atomic mass is 16.5. The Kier molecular flexibility index (Phi) is 5.22. The highest BCUT2D eigenvalue weighted by molar-refractivity contribution is 5.93. The maximum Gasteiger partial charge on any atom is 0.271 e. The first kappa shape index (κ1) is 16.6. The quantitative estimate of drug-likeness (QED) is 0.843. The van der Waals surface area contributed by atoms with Gasteiger partial charge in [-0.1, -0.05) is 11.6 Å². The molecular weight excluding hydrogens is 308 g/mol. The van der Waals surface area contributed by atoms with Gasteiger partial charge in [0.25, 0.3) is 5.91 Å². The van der Waals surface area contributed by atoms with E-state index in [1.165, 1.54) is 5.57 Å². The van der Waals surface area contributed by atoms with Crippen LogP contribution in [0.5, 0.6) is 0 Å². The summed E-state index contributed by atoms with van der Waals surface area (Å²) in [4.78, 5) is 20.8. The van der Waals surface area contributed by atoms with Crippen LogP contribution in [-0.2, 0) is 9.47 Å². The lowest BCUT2D eigenvalue weighted by atomic mass is 10.1. The summed E-state index contributed by atoms with van der Waals surface area (Å²) in [5, 5.41) is 2.97. The Bertz CT molecular complexity index is 703. The molecule has 24 heavy (non-hydrogen) atoms. The van der Waals surface area contributed by atoms with Crippen molar-refractivity contribution in [1.29, 1.82) is 0 Å². The number of rotatable bonds is 5. The molecule has 0 saturated carbocycles. The molecule has 1 amide bonds. The normalized spacial score (nSPS) is 20.8. The summed E-state index contributed by atoms with van der Waals surface area (Å²) in [5.41, 5.74) is 1.54. The lowest BCUT2D eigenvalue weighted by molar-refractivity contribution is -0.0457. The number of ether oxygens (including phenoxy) is 2. The van der Waals surface area contributed by atoms with Crippen LogP contribution < -0.4 is 5.32 Å². The second-order valence-corrected chi connectivity index (χ2v) is 6.05. The first-order valence-electron chi connectivity index (χ1n) is 8.07. The molecule has 7 heteroatoms. The number of nitrogens with zero attached hydrogens (tertiary/aromatic N) is 3.